The molecule has 0 unspecified atom stereocenters. The molecule has 0 fully saturated rings. The Morgan fingerprint density at radius 1 is 1.05 bits per heavy atom. The first-order chi connectivity index (χ1) is 8.82. The fraction of sp³-hybridized carbons (Fsp3) is 0.0833. The fourth-order valence-electron chi connectivity index (χ4n) is 1.60. The lowest BCUT2D eigenvalue weighted by Crippen LogP contribution is -2.11. The molecular weight excluding hydrogens is 305 g/mol. The standard InChI is InChI=1S/C12H5Cl2F4N/c13-7-3-1-2-6(10(7)14)11-9(12(16,17)18)8(15)4-5-19-11/h1-5H. The van der Waals surface area contributed by atoms with Crippen molar-refractivity contribution in [2.75, 3.05) is 0 Å². The van der Waals surface area contributed by atoms with Crippen molar-refractivity contribution in [2.45, 2.75) is 6.18 Å². The third kappa shape index (κ3) is 2.67. The van der Waals surface area contributed by atoms with Crippen LogP contribution in [0.3, 0.4) is 0 Å². The Morgan fingerprint density at radius 3 is 2.37 bits per heavy atom. The smallest absolute Gasteiger partial charge is 0.255 e. The van der Waals surface area contributed by atoms with Crippen LogP contribution in [0, 0.1) is 5.82 Å². The fourth-order valence-corrected chi connectivity index (χ4v) is 1.99. The van der Waals surface area contributed by atoms with E-state index in [4.69, 9.17) is 23.2 Å². The summed E-state index contributed by atoms with van der Waals surface area (Å²) in [6.45, 7) is 0. The second kappa shape index (κ2) is 4.98. The lowest BCUT2D eigenvalue weighted by molar-refractivity contribution is -0.139. The zero-order valence-corrected chi connectivity index (χ0v) is 10.6. The molecular formula is C12H5Cl2F4N. The molecule has 0 aliphatic heterocycles. The molecule has 0 atom stereocenters. The third-order valence-electron chi connectivity index (χ3n) is 2.39. The molecule has 1 aromatic heterocycles. The molecule has 0 bridgehead atoms. The summed E-state index contributed by atoms with van der Waals surface area (Å²) in [4.78, 5) is 3.58. The number of pyridine rings is 1. The highest BCUT2D eigenvalue weighted by Crippen LogP contribution is 2.41. The Bertz CT molecular complexity index is 626. The van der Waals surface area contributed by atoms with Gasteiger partial charge in [-0.3, -0.25) is 4.98 Å². The molecule has 0 aliphatic rings. The van der Waals surface area contributed by atoms with Crippen LogP contribution in [-0.2, 0) is 6.18 Å². The Labute approximate surface area is 115 Å². The van der Waals surface area contributed by atoms with Gasteiger partial charge in [0.15, 0.2) is 0 Å². The van der Waals surface area contributed by atoms with E-state index in [9.17, 15) is 17.6 Å². The molecule has 1 nitrogen and oxygen atoms in total. The van der Waals surface area contributed by atoms with Crippen LogP contribution in [0.5, 0.6) is 0 Å². The summed E-state index contributed by atoms with van der Waals surface area (Å²) in [5.74, 6) is -1.41. The molecule has 0 aliphatic carbocycles. The highest BCUT2D eigenvalue weighted by atomic mass is 35.5. The van der Waals surface area contributed by atoms with Crippen molar-refractivity contribution in [3.8, 4) is 11.3 Å². The normalized spacial score (nSPS) is 11.7. The van der Waals surface area contributed by atoms with Gasteiger partial charge < -0.3 is 0 Å². The van der Waals surface area contributed by atoms with Gasteiger partial charge in [-0.15, -0.1) is 0 Å². The lowest BCUT2D eigenvalue weighted by atomic mass is 10.0. The van der Waals surface area contributed by atoms with Gasteiger partial charge in [0.05, 0.1) is 15.7 Å². The summed E-state index contributed by atoms with van der Waals surface area (Å²) in [5.41, 5.74) is -2.11. The summed E-state index contributed by atoms with van der Waals surface area (Å²) < 4.78 is 52.0. The number of benzene rings is 1. The monoisotopic (exact) mass is 309 g/mol. The Hall–Kier alpha value is -1.33. The van der Waals surface area contributed by atoms with Crippen LogP contribution in [0.1, 0.15) is 5.56 Å². The highest BCUT2D eigenvalue weighted by Gasteiger charge is 2.38. The molecule has 1 heterocycles. The van der Waals surface area contributed by atoms with Crippen molar-refractivity contribution in [3.05, 3.63) is 51.9 Å². The first-order valence-electron chi connectivity index (χ1n) is 4.98. The van der Waals surface area contributed by atoms with Crippen LogP contribution < -0.4 is 0 Å². The number of alkyl halides is 3. The molecule has 2 rings (SSSR count). The Kier molecular flexibility index (Phi) is 3.69. The minimum atomic E-state index is -4.88. The maximum atomic E-state index is 13.4. The number of nitrogens with zero attached hydrogens (tertiary/aromatic N) is 1. The molecule has 0 saturated heterocycles. The SMILES string of the molecule is Fc1ccnc(-c2cccc(Cl)c2Cl)c1C(F)(F)F. The van der Waals surface area contributed by atoms with Crippen molar-refractivity contribution in [1.82, 2.24) is 4.98 Å². The molecule has 2 aromatic rings. The molecule has 19 heavy (non-hydrogen) atoms. The lowest BCUT2D eigenvalue weighted by Gasteiger charge is -2.14. The first kappa shape index (κ1) is 14.1. The second-order valence-corrected chi connectivity index (χ2v) is 4.40. The van der Waals surface area contributed by atoms with Gasteiger partial charge in [0.1, 0.15) is 11.4 Å². The van der Waals surface area contributed by atoms with Gasteiger partial charge in [-0.25, -0.2) is 4.39 Å². The van der Waals surface area contributed by atoms with E-state index in [1.807, 2.05) is 0 Å². The van der Waals surface area contributed by atoms with E-state index in [1.54, 1.807) is 0 Å². The maximum absolute atomic E-state index is 13.4. The topological polar surface area (TPSA) is 12.9 Å². The van der Waals surface area contributed by atoms with Crippen molar-refractivity contribution in [3.63, 3.8) is 0 Å². The minimum Gasteiger partial charge on any atom is -0.255 e. The van der Waals surface area contributed by atoms with E-state index < -0.39 is 23.3 Å². The summed E-state index contributed by atoms with van der Waals surface area (Å²) in [7, 11) is 0. The zero-order valence-electron chi connectivity index (χ0n) is 9.10. The number of hydrogen-bond donors (Lipinski definition) is 0. The minimum absolute atomic E-state index is 0.0679. The molecule has 7 heteroatoms. The van der Waals surface area contributed by atoms with E-state index in [-0.39, 0.29) is 15.6 Å². The number of aromatic nitrogens is 1. The van der Waals surface area contributed by atoms with Crippen molar-refractivity contribution in [1.29, 1.82) is 0 Å². The predicted octanol–water partition coefficient (Wildman–Crippen LogP) is 5.21. The molecule has 100 valence electrons. The van der Waals surface area contributed by atoms with E-state index in [0.717, 1.165) is 6.20 Å². The predicted molar refractivity (Wildman–Crippen MR) is 64.7 cm³/mol. The largest absolute Gasteiger partial charge is 0.421 e. The van der Waals surface area contributed by atoms with Gasteiger partial charge in [0.25, 0.3) is 0 Å². The molecule has 1 aromatic carbocycles. The summed E-state index contributed by atoms with van der Waals surface area (Å²) in [6, 6.07) is 4.77. The van der Waals surface area contributed by atoms with Gasteiger partial charge in [-0.05, 0) is 12.1 Å². The van der Waals surface area contributed by atoms with Gasteiger partial charge in [0.2, 0.25) is 0 Å². The molecule has 0 radical (unpaired) electrons. The van der Waals surface area contributed by atoms with Crippen LogP contribution in [0.25, 0.3) is 11.3 Å². The first-order valence-corrected chi connectivity index (χ1v) is 5.74. The molecule has 0 spiro atoms. The van der Waals surface area contributed by atoms with Crippen LogP contribution in [0.15, 0.2) is 30.5 Å². The Balaban J connectivity index is 2.77. The summed E-state index contributed by atoms with van der Waals surface area (Å²) in [5, 5.41) is -0.0360. The Morgan fingerprint density at radius 2 is 1.74 bits per heavy atom. The quantitative estimate of drug-likeness (QED) is 0.659. The van der Waals surface area contributed by atoms with E-state index in [0.29, 0.717) is 6.07 Å². The van der Waals surface area contributed by atoms with Crippen molar-refractivity contribution >= 4 is 23.2 Å². The maximum Gasteiger partial charge on any atom is 0.421 e. The molecule has 0 amide bonds. The second-order valence-electron chi connectivity index (χ2n) is 3.62. The summed E-state index contributed by atoms with van der Waals surface area (Å²) >= 11 is 11.6. The number of halogens is 6. The molecule has 0 saturated carbocycles. The van der Waals surface area contributed by atoms with Crippen LogP contribution in [0.2, 0.25) is 10.0 Å². The van der Waals surface area contributed by atoms with E-state index in [1.165, 1.54) is 18.2 Å². The molecule has 0 N–H and O–H groups in total. The third-order valence-corrected chi connectivity index (χ3v) is 3.21. The van der Waals surface area contributed by atoms with Crippen LogP contribution in [0.4, 0.5) is 17.6 Å². The van der Waals surface area contributed by atoms with E-state index >= 15 is 0 Å². The van der Waals surface area contributed by atoms with Gasteiger partial charge in [-0.2, -0.15) is 13.2 Å². The van der Waals surface area contributed by atoms with Gasteiger partial charge in [0, 0.05) is 11.8 Å². The number of rotatable bonds is 1. The number of hydrogen-bond acceptors (Lipinski definition) is 1. The van der Waals surface area contributed by atoms with Crippen LogP contribution >= 0.6 is 23.2 Å². The van der Waals surface area contributed by atoms with Crippen molar-refractivity contribution in [2.24, 2.45) is 0 Å². The van der Waals surface area contributed by atoms with Gasteiger partial charge in [-0.1, -0.05) is 35.3 Å². The highest BCUT2D eigenvalue weighted by molar-refractivity contribution is 6.43. The average Bonchev–Trinajstić information content (AvgIpc) is 2.30. The van der Waals surface area contributed by atoms with Crippen molar-refractivity contribution < 1.29 is 17.6 Å². The zero-order chi connectivity index (χ0) is 14.2. The average molecular weight is 310 g/mol. The van der Waals surface area contributed by atoms with E-state index in [2.05, 4.69) is 4.98 Å². The van der Waals surface area contributed by atoms with Crippen LogP contribution in [-0.4, -0.2) is 4.98 Å². The van der Waals surface area contributed by atoms with Gasteiger partial charge >= 0.3 is 6.18 Å². The summed E-state index contributed by atoms with van der Waals surface area (Å²) in [6.07, 6.45) is -3.93.